The average molecular weight is 603 g/mol. The van der Waals surface area contributed by atoms with Crippen molar-refractivity contribution < 1.29 is 28.6 Å². The summed E-state index contributed by atoms with van der Waals surface area (Å²) in [5, 5.41) is 20.4. The number of nitrogens with one attached hydrogen (secondary N) is 1. The number of amides is 2. The topological polar surface area (TPSA) is 160 Å². The van der Waals surface area contributed by atoms with Crippen LogP contribution in [0.4, 0.5) is 16.2 Å². The molecule has 3 heterocycles. The number of carbonyl (C=O) groups is 3. The minimum Gasteiger partial charge on any atom is -0.477 e. The molecule has 1 atom stereocenters. The predicted molar refractivity (Wildman–Crippen MR) is 162 cm³/mol. The van der Waals surface area contributed by atoms with Gasteiger partial charge in [-0.25, -0.2) is 9.59 Å². The molecule has 0 bridgehead atoms. The molecule has 0 spiro atoms. The number of nitrogens with zero attached hydrogens (tertiary/aromatic N) is 5. The van der Waals surface area contributed by atoms with Crippen molar-refractivity contribution >= 4 is 40.2 Å². The molecule has 1 saturated heterocycles. The van der Waals surface area contributed by atoms with Crippen LogP contribution in [0.15, 0.2) is 57.9 Å². The zero-order valence-electron chi connectivity index (χ0n) is 24.8. The quantitative estimate of drug-likeness (QED) is 0.288. The predicted octanol–water partition coefficient (Wildman–Crippen LogP) is 3.87. The van der Waals surface area contributed by atoms with Gasteiger partial charge in [0.15, 0.2) is 0 Å². The molecule has 0 saturated carbocycles. The Labute approximate surface area is 253 Å². The van der Waals surface area contributed by atoms with Crippen molar-refractivity contribution in [3.63, 3.8) is 0 Å². The van der Waals surface area contributed by atoms with Gasteiger partial charge in [0.1, 0.15) is 18.1 Å². The highest BCUT2D eigenvalue weighted by Crippen LogP contribution is 2.23. The molecule has 230 valence electrons. The van der Waals surface area contributed by atoms with Gasteiger partial charge >= 0.3 is 12.1 Å². The van der Waals surface area contributed by atoms with Gasteiger partial charge in [-0.05, 0) is 49.7 Å². The number of rotatable bonds is 9. The summed E-state index contributed by atoms with van der Waals surface area (Å²) < 4.78 is 12.8. The zero-order valence-corrected chi connectivity index (χ0v) is 24.8. The number of hydrogen-bond donors (Lipinski definition) is 2. The van der Waals surface area contributed by atoms with Gasteiger partial charge in [-0.2, -0.15) is 0 Å². The van der Waals surface area contributed by atoms with Gasteiger partial charge in [0, 0.05) is 62.1 Å². The minimum atomic E-state index is -1.25. The molecule has 1 aliphatic heterocycles. The molecule has 2 aromatic carbocycles. The Morgan fingerprint density at radius 3 is 2.41 bits per heavy atom. The molecule has 2 N–H and O–H groups in total. The van der Waals surface area contributed by atoms with E-state index in [2.05, 4.69) is 20.4 Å². The van der Waals surface area contributed by atoms with Crippen LogP contribution in [0.3, 0.4) is 0 Å². The summed E-state index contributed by atoms with van der Waals surface area (Å²) in [6.45, 7) is 8.13. The van der Waals surface area contributed by atoms with Crippen LogP contribution in [-0.4, -0.2) is 68.9 Å². The van der Waals surface area contributed by atoms with Crippen molar-refractivity contribution in [1.82, 2.24) is 19.7 Å². The highest BCUT2D eigenvalue weighted by Gasteiger charge is 2.24. The minimum absolute atomic E-state index is 0.0863. The maximum Gasteiger partial charge on any atom is 0.410 e. The van der Waals surface area contributed by atoms with E-state index in [4.69, 9.17) is 9.15 Å². The first-order valence-corrected chi connectivity index (χ1v) is 14.5. The average Bonchev–Trinajstić information content (AvgIpc) is 3.53. The zero-order chi connectivity index (χ0) is 31.4. The monoisotopic (exact) mass is 602 g/mol. The third-order valence-corrected chi connectivity index (χ3v) is 7.67. The molecule has 13 nitrogen and oxygen atoms in total. The van der Waals surface area contributed by atoms with Crippen LogP contribution < -0.4 is 15.6 Å². The van der Waals surface area contributed by atoms with E-state index < -0.39 is 23.4 Å². The van der Waals surface area contributed by atoms with Crippen LogP contribution in [0.2, 0.25) is 0 Å². The molecule has 1 aliphatic rings. The molecule has 2 amide bonds. The molecule has 5 rings (SSSR count). The van der Waals surface area contributed by atoms with Crippen LogP contribution in [0.5, 0.6) is 0 Å². The molecule has 1 unspecified atom stereocenters. The molecule has 2 aromatic heterocycles. The fourth-order valence-corrected chi connectivity index (χ4v) is 5.00. The number of aromatic nitrogens is 3. The lowest BCUT2D eigenvalue weighted by Gasteiger charge is -2.35. The molecule has 1 fully saturated rings. The van der Waals surface area contributed by atoms with E-state index in [0.717, 1.165) is 11.3 Å². The van der Waals surface area contributed by atoms with Crippen LogP contribution in [-0.2, 0) is 29.1 Å². The standard InChI is InChI=1S/C31H34N6O7/c1-4-26-33-34-29(44-26)19(3)28(39)32-21-8-6-20(7-9-21)18-43-31(42)37-14-12-36(13-15-37)22-10-11-23-25(16-22)35(5-2)17-24(27(23)38)30(40)41/h6-11,16-17,19H,4-5,12-15,18H2,1-3H3,(H,32,39)(H,40,41). The first-order chi connectivity index (χ1) is 21.2. The Morgan fingerprint density at radius 2 is 1.77 bits per heavy atom. The number of ether oxygens (including phenoxy) is 1. The lowest BCUT2D eigenvalue weighted by Crippen LogP contribution is -2.49. The first kappa shape index (κ1) is 30.3. The van der Waals surface area contributed by atoms with E-state index in [9.17, 15) is 24.3 Å². The van der Waals surface area contributed by atoms with E-state index in [1.54, 1.807) is 46.7 Å². The van der Waals surface area contributed by atoms with Crippen LogP contribution >= 0.6 is 0 Å². The molecule has 0 radical (unpaired) electrons. The number of carboxylic acids is 1. The van der Waals surface area contributed by atoms with E-state index in [1.807, 2.05) is 26.0 Å². The van der Waals surface area contributed by atoms with Gasteiger partial charge in [-0.15, -0.1) is 10.2 Å². The Hall–Kier alpha value is -5.20. The summed E-state index contributed by atoms with van der Waals surface area (Å²) in [6.07, 6.45) is 1.56. The fraction of sp³-hybridized carbons (Fsp3) is 0.355. The van der Waals surface area contributed by atoms with E-state index in [1.165, 1.54) is 6.20 Å². The second kappa shape index (κ2) is 13.0. The van der Waals surface area contributed by atoms with E-state index in [-0.39, 0.29) is 24.0 Å². The highest BCUT2D eigenvalue weighted by molar-refractivity contribution is 5.95. The van der Waals surface area contributed by atoms with E-state index in [0.29, 0.717) is 61.6 Å². The highest BCUT2D eigenvalue weighted by atomic mass is 16.6. The number of carboxylic acid groups (broad SMARTS) is 1. The van der Waals surface area contributed by atoms with Crippen molar-refractivity contribution in [3.8, 4) is 0 Å². The number of anilines is 2. The number of fused-ring (bicyclic) bond motifs is 1. The number of aryl methyl sites for hydroxylation is 2. The summed E-state index contributed by atoms with van der Waals surface area (Å²) >= 11 is 0. The maximum absolute atomic E-state index is 12.8. The summed E-state index contributed by atoms with van der Waals surface area (Å²) in [5.41, 5.74) is 2.17. The van der Waals surface area contributed by atoms with E-state index >= 15 is 0 Å². The van der Waals surface area contributed by atoms with Gasteiger partial charge < -0.3 is 33.9 Å². The molecule has 0 aliphatic carbocycles. The lowest BCUT2D eigenvalue weighted by atomic mass is 10.1. The van der Waals surface area contributed by atoms with Crippen molar-refractivity contribution in [2.75, 3.05) is 36.4 Å². The second-order valence-electron chi connectivity index (χ2n) is 10.5. The van der Waals surface area contributed by atoms with Crippen LogP contribution in [0.1, 0.15) is 54.4 Å². The van der Waals surface area contributed by atoms with Crippen molar-refractivity contribution in [3.05, 3.63) is 81.8 Å². The maximum atomic E-state index is 12.8. The van der Waals surface area contributed by atoms with Gasteiger partial charge in [0.25, 0.3) is 0 Å². The first-order valence-electron chi connectivity index (χ1n) is 14.5. The summed E-state index contributed by atoms with van der Waals surface area (Å²) in [7, 11) is 0. The number of aromatic carboxylic acids is 1. The Bertz CT molecular complexity index is 1740. The molecular formula is C31H34N6O7. The number of benzene rings is 2. The number of pyridine rings is 1. The summed E-state index contributed by atoms with van der Waals surface area (Å²) in [5.74, 6) is -1.38. The van der Waals surface area contributed by atoms with Crippen molar-refractivity contribution in [1.29, 1.82) is 0 Å². The summed E-state index contributed by atoms with van der Waals surface area (Å²) in [6, 6.07) is 12.4. The van der Waals surface area contributed by atoms with Crippen LogP contribution in [0.25, 0.3) is 10.9 Å². The van der Waals surface area contributed by atoms with Crippen molar-refractivity contribution in [2.24, 2.45) is 0 Å². The van der Waals surface area contributed by atoms with Gasteiger partial charge in [0.05, 0.1) is 5.52 Å². The molecular weight excluding hydrogens is 568 g/mol. The lowest BCUT2D eigenvalue weighted by molar-refractivity contribution is -0.117. The molecule has 4 aromatic rings. The van der Waals surface area contributed by atoms with Gasteiger partial charge in [-0.1, -0.05) is 19.1 Å². The van der Waals surface area contributed by atoms with Gasteiger partial charge in [-0.3, -0.25) is 9.59 Å². The SMILES string of the molecule is CCc1nnc(C(C)C(=O)Nc2ccc(COC(=O)N3CCN(c4ccc5c(=O)c(C(=O)O)cn(CC)c5c4)CC3)cc2)o1. The Kier molecular flexibility index (Phi) is 8.93. The van der Waals surface area contributed by atoms with Crippen LogP contribution in [0, 0.1) is 0 Å². The largest absolute Gasteiger partial charge is 0.477 e. The third-order valence-electron chi connectivity index (χ3n) is 7.67. The van der Waals surface area contributed by atoms with Gasteiger partial charge in [0.2, 0.25) is 23.1 Å². The second-order valence-corrected chi connectivity index (χ2v) is 10.5. The number of hydrogen-bond acceptors (Lipinski definition) is 9. The third kappa shape index (κ3) is 6.41. The molecule has 44 heavy (non-hydrogen) atoms. The Balaban J connectivity index is 1.13. The normalized spacial score (nSPS) is 14.0. The number of piperazine rings is 1. The van der Waals surface area contributed by atoms with Crippen molar-refractivity contribution in [2.45, 2.75) is 46.3 Å². The summed E-state index contributed by atoms with van der Waals surface area (Å²) in [4.78, 5) is 53.3. The smallest absolute Gasteiger partial charge is 0.410 e. The number of carbonyl (C=O) groups excluding carboxylic acids is 2. The Morgan fingerprint density at radius 1 is 1.05 bits per heavy atom. The fourth-order valence-electron chi connectivity index (χ4n) is 5.00. The molecule has 13 heteroatoms.